The minimum Gasteiger partial charge on any atom is -0.383 e. The Morgan fingerprint density at radius 3 is 2.53 bits per heavy atom. The van der Waals surface area contributed by atoms with Gasteiger partial charge in [-0.15, -0.1) is 0 Å². The quantitative estimate of drug-likeness (QED) is 0.795. The van der Waals surface area contributed by atoms with E-state index in [0.717, 1.165) is 35.7 Å². The maximum atomic E-state index is 6.26. The molecule has 0 saturated carbocycles. The SMILES string of the molecule is CCC(CC)N(CCOC)c1cccc(Cl)c1CN. The molecule has 1 aromatic rings. The second kappa shape index (κ2) is 8.41. The molecule has 0 amide bonds. The molecule has 0 radical (unpaired) electrons. The summed E-state index contributed by atoms with van der Waals surface area (Å²) in [5.41, 5.74) is 8.02. The summed E-state index contributed by atoms with van der Waals surface area (Å²) >= 11 is 6.26. The summed E-state index contributed by atoms with van der Waals surface area (Å²) in [7, 11) is 1.73. The van der Waals surface area contributed by atoms with Gasteiger partial charge in [0.15, 0.2) is 0 Å². The number of nitrogens with two attached hydrogens (primary N) is 1. The molecular weight excluding hydrogens is 260 g/mol. The number of rotatable bonds is 8. The van der Waals surface area contributed by atoms with Gasteiger partial charge in [0.25, 0.3) is 0 Å². The largest absolute Gasteiger partial charge is 0.383 e. The van der Waals surface area contributed by atoms with Crippen molar-refractivity contribution in [1.29, 1.82) is 0 Å². The lowest BCUT2D eigenvalue weighted by molar-refractivity contribution is 0.202. The molecule has 0 heterocycles. The van der Waals surface area contributed by atoms with Gasteiger partial charge in [-0.1, -0.05) is 31.5 Å². The zero-order chi connectivity index (χ0) is 14.3. The maximum Gasteiger partial charge on any atom is 0.0637 e. The summed E-state index contributed by atoms with van der Waals surface area (Å²) in [4.78, 5) is 2.37. The minimum atomic E-state index is 0.457. The summed E-state index contributed by atoms with van der Waals surface area (Å²) in [6.45, 7) is 6.43. The normalized spacial score (nSPS) is 11.1. The van der Waals surface area contributed by atoms with Crippen LogP contribution < -0.4 is 10.6 Å². The number of methoxy groups -OCH3 is 1. The van der Waals surface area contributed by atoms with Crippen LogP contribution in [0, 0.1) is 0 Å². The molecule has 1 rings (SSSR count). The van der Waals surface area contributed by atoms with Crippen molar-refractivity contribution in [2.75, 3.05) is 25.2 Å². The first-order valence-electron chi connectivity index (χ1n) is 6.92. The number of halogens is 1. The third-order valence-electron chi connectivity index (χ3n) is 3.53. The highest BCUT2D eigenvalue weighted by Gasteiger charge is 2.19. The Morgan fingerprint density at radius 2 is 2.00 bits per heavy atom. The number of hydrogen-bond donors (Lipinski definition) is 1. The third kappa shape index (κ3) is 4.10. The number of anilines is 1. The van der Waals surface area contributed by atoms with E-state index in [1.54, 1.807) is 7.11 Å². The van der Waals surface area contributed by atoms with Crippen molar-refractivity contribution in [3.05, 3.63) is 28.8 Å². The van der Waals surface area contributed by atoms with Gasteiger partial charge in [0, 0.05) is 42.5 Å². The van der Waals surface area contributed by atoms with Gasteiger partial charge in [-0.2, -0.15) is 0 Å². The number of nitrogens with zero attached hydrogens (tertiary/aromatic N) is 1. The summed E-state index contributed by atoms with van der Waals surface area (Å²) in [5.74, 6) is 0. The number of ether oxygens (including phenoxy) is 1. The molecule has 0 unspecified atom stereocenters. The molecule has 0 atom stereocenters. The van der Waals surface area contributed by atoms with Crippen LogP contribution in [0.1, 0.15) is 32.3 Å². The predicted octanol–water partition coefficient (Wildman–Crippen LogP) is 3.44. The Labute approximate surface area is 121 Å². The minimum absolute atomic E-state index is 0.457. The van der Waals surface area contributed by atoms with E-state index in [9.17, 15) is 0 Å². The van der Waals surface area contributed by atoms with Gasteiger partial charge in [-0.05, 0) is 25.0 Å². The van der Waals surface area contributed by atoms with Crippen molar-refractivity contribution < 1.29 is 4.74 Å². The van der Waals surface area contributed by atoms with E-state index in [2.05, 4.69) is 24.8 Å². The fraction of sp³-hybridized carbons (Fsp3) is 0.600. The van der Waals surface area contributed by atoms with Crippen LogP contribution in [0.5, 0.6) is 0 Å². The summed E-state index contributed by atoms with van der Waals surface area (Å²) < 4.78 is 5.23. The van der Waals surface area contributed by atoms with Crippen molar-refractivity contribution >= 4 is 17.3 Å². The third-order valence-corrected chi connectivity index (χ3v) is 3.88. The van der Waals surface area contributed by atoms with Crippen molar-refractivity contribution in [1.82, 2.24) is 0 Å². The van der Waals surface area contributed by atoms with Crippen molar-refractivity contribution in [2.45, 2.75) is 39.3 Å². The lowest BCUT2D eigenvalue weighted by atomic mass is 10.1. The topological polar surface area (TPSA) is 38.5 Å². The van der Waals surface area contributed by atoms with E-state index in [4.69, 9.17) is 22.1 Å². The molecule has 19 heavy (non-hydrogen) atoms. The average Bonchev–Trinajstić information content (AvgIpc) is 2.43. The van der Waals surface area contributed by atoms with Crippen LogP contribution in [0.3, 0.4) is 0 Å². The lowest BCUT2D eigenvalue weighted by Gasteiger charge is -2.34. The van der Waals surface area contributed by atoms with Gasteiger partial charge in [0.1, 0.15) is 0 Å². The Morgan fingerprint density at radius 1 is 1.32 bits per heavy atom. The predicted molar refractivity (Wildman–Crippen MR) is 82.9 cm³/mol. The Hall–Kier alpha value is -0.770. The van der Waals surface area contributed by atoms with Crippen molar-refractivity contribution in [2.24, 2.45) is 5.73 Å². The second-order valence-corrected chi connectivity index (χ2v) is 5.01. The van der Waals surface area contributed by atoms with Gasteiger partial charge < -0.3 is 15.4 Å². The van der Waals surface area contributed by atoms with Crippen molar-refractivity contribution in [3.8, 4) is 0 Å². The van der Waals surface area contributed by atoms with Gasteiger partial charge in [0.05, 0.1) is 6.61 Å². The van der Waals surface area contributed by atoms with Crippen LogP contribution >= 0.6 is 11.6 Å². The summed E-state index contributed by atoms with van der Waals surface area (Å²) in [6.07, 6.45) is 2.19. The van der Waals surface area contributed by atoms with Crippen LogP contribution in [0.15, 0.2) is 18.2 Å². The van der Waals surface area contributed by atoms with Crippen LogP contribution in [0.2, 0.25) is 5.02 Å². The maximum absolute atomic E-state index is 6.26. The fourth-order valence-electron chi connectivity index (χ4n) is 2.44. The molecule has 0 aliphatic heterocycles. The zero-order valence-corrected chi connectivity index (χ0v) is 12.9. The van der Waals surface area contributed by atoms with Gasteiger partial charge in [-0.3, -0.25) is 0 Å². The van der Waals surface area contributed by atoms with E-state index in [1.165, 1.54) is 0 Å². The standard InChI is InChI=1S/C15H25ClN2O/c1-4-12(5-2)18(9-10-19-3)15-8-6-7-14(16)13(15)11-17/h6-8,12H,4-5,9-11,17H2,1-3H3. The highest BCUT2D eigenvalue weighted by atomic mass is 35.5. The van der Waals surface area contributed by atoms with E-state index >= 15 is 0 Å². The number of benzene rings is 1. The molecule has 0 aliphatic carbocycles. The number of hydrogen-bond acceptors (Lipinski definition) is 3. The van der Waals surface area contributed by atoms with E-state index < -0.39 is 0 Å². The zero-order valence-electron chi connectivity index (χ0n) is 12.2. The van der Waals surface area contributed by atoms with Gasteiger partial charge in [-0.25, -0.2) is 0 Å². The molecule has 4 heteroatoms. The average molecular weight is 285 g/mol. The van der Waals surface area contributed by atoms with Crippen LogP contribution in [-0.4, -0.2) is 26.3 Å². The first kappa shape index (κ1) is 16.3. The van der Waals surface area contributed by atoms with Gasteiger partial charge >= 0.3 is 0 Å². The highest BCUT2D eigenvalue weighted by Crippen LogP contribution is 2.29. The molecule has 0 bridgehead atoms. The van der Waals surface area contributed by atoms with Crippen molar-refractivity contribution in [3.63, 3.8) is 0 Å². The Bertz CT molecular complexity index is 380. The molecule has 2 N–H and O–H groups in total. The Kier molecular flexibility index (Phi) is 7.21. The molecule has 0 aliphatic rings. The molecule has 0 aromatic heterocycles. The second-order valence-electron chi connectivity index (χ2n) is 4.60. The molecule has 0 saturated heterocycles. The van der Waals surface area contributed by atoms with E-state index in [-0.39, 0.29) is 0 Å². The van der Waals surface area contributed by atoms with E-state index in [0.29, 0.717) is 19.2 Å². The molecule has 1 aromatic carbocycles. The van der Waals surface area contributed by atoms with Gasteiger partial charge in [0.2, 0.25) is 0 Å². The smallest absolute Gasteiger partial charge is 0.0637 e. The van der Waals surface area contributed by atoms with Crippen LogP contribution in [0.25, 0.3) is 0 Å². The lowest BCUT2D eigenvalue weighted by Crippen LogP contribution is -2.38. The van der Waals surface area contributed by atoms with E-state index in [1.807, 2.05) is 12.1 Å². The summed E-state index contributed by atoms with van der Waals surface area (Å²) in [5, 5.41) is 0.744. The molecule has 108 valence electrons. The summed E-state index contributed by atoms with van der Waals surface area (Å²) in [6, 6.07) is 6.47. The van der Waals surface area contributed by atoms with Crippen LogP contribution in [-0.2, 0) is 11.3 Å². The molecule has 0 fully saturated rings. The molecular formula is C15H25ClN2O. The molecule has 3 nitrogen and oxygen atoms in total. The van der Waals surface area contributed by atoms with Crippen LogP contribution in [0.4, 0.5) is 5.69 Å². The Balaban J connectivity index is 3.12. The first-order valence-corrected chi connectivity index (χ1v) is 7.30. The highest BCUT2D eigenvalue weighted by molar-refractivity contribution is 6.31. The fourth-order valence-corrected chi connectivity index (χ4v) is 2.68. The monoisotopic (exact) mass is 284 g/mol. The molecule has 0 spiro atoms. The first-order chi connectivity index (χ1) is 9.19.